The number of fused-ring (bicyclic) bond motifs is 6. The Morgan fingerprint density at radius 3 is 1.50 bits per heavy atom. The Morgan fingerprint density at radius 2 is 0.978 bits per heavy atom. The lowest BCUT2D eigenvalue weighted by molar-refractivity contribution is 1.16. The minimum Gasteiger partial charge on any atom is -0.308 e. The van der Waals surface area contributed by atoms with E-state index < -0.39 is 0 Å². The molecule has 46 heavy (non-hydrogen) atoms. The van der Waals surface area contributed by atoms with Gasteiger partial charge in [-0.25, -0.2) is 4.85 Å². The van der Waals surface area contributed by atoms with E-state index >= 15 is 0 Å². The minimum absolute atomic E-state index is 0.516. The van der Waals surface area contributed by atoms with Crippen LogP contribution in [0.25, 0.3) is 71.0 Å². The van der Waals surface area contributed by atoms with Crippen molar-refractivity contribution >= 4 is 49.3 Å². The van der Waals surface area contributed by atoms with Crippen molar-refractivity contribution in [1.29, 1.82) is 15.8 Å². The molecule has 0 aliphatic rings. The van der Waals surface area contributed by atoms with Gasteiger partial charge in [0, 0.05) is 16.2 Å². The van der Waals surface area contributed by atoms with E-state index in [4.69, 9.17) is 6.57 Å². The molecule has 2 heterocycles. The Labute approximate surface area is 263 Å². The molecule has 0 fully saturated rings. The molecule has 0 N–H and O–H groups in total. The number of nitrogens with zero attached hydrogens (tertiary/aromatic N) is 6. The maximum Gasteiger partial charge on any atom is 0.188 e. The number of aromatic nitrogens is 2. The van der Waals surface area contributed by atoms with E-state index in [1.807, 2.05) is 109 Å². The first-order chi connectivity index (χ1) is 22.6. The van der Waals surface area contributed by atoms with Crippen LogP contribution in [-0.2, 0) is 0 Å². The Bertz CT molecular complexity index is 2560. The fourth-order valence-corrected chi connectivity index (χ4v) is 6.57. The molecule has 0 unspecified atom stereocenters. The summed E-state index contributed by atoms with van der Waals surface area (Å²) in [4.78, 5) is 3.64. The van der Waals surface area contributed by atoms with Gasteiger partial charge < -0.3 is 9.13 Å². The Balaban J connectivity index is 1.38. The Morgan fingerprint density at radius 1 is 0.478 bits per heavy atom. The molecule has 210 valence electrons. The summed E-state index contributed by atoms with van der Waals surface area (Å²) in [6.07, 6.45) is 0. The molecule has 0 atom stereocenters. The summed E-state index contributed by atoms with van der Waals surface area (Å²) < 4.78 is 4.17. The van der Waals surface area contributed by atoms with Gasteiger partial charge in [0.15, 0.2) is 5.69 Å². The first kappa shape index (κ1) is 26.5. The predicted octanol–water partition coefficient (Wildman–Crippen LogP) is 9.71. The fourth-order valence-electron chi connectivity index (χ4n) is 6.57. The number of hydrogen-bond acceptors (Lipinski definition) is 3. The monoisotopic (exact) mass is 584 g/mol. The predicted molar refractivity (Wildman–Crippen MR) is 181 cm³/mol. The van der Waals surface area contributed by atoms with Crippen LogP contribution in [0.2, 0.25) is 0 Å². The molecular formula is C40H20N6. The summed E-state index contributed by atoms with van der Waals surface area (Å²) in [5.74, 6) is 0. The highest BCUT2D eigenvalue weighted by atomic mass is 15.0. The molecule has 2 aromatic heterocycles. The first-order valence-corrected chi connectivity index (χ1v) is 14.6. The van der Waals surface area contributed by atoms with Crippen LogP contribution in [0, 0.1) is 40.6 Å². The highest BCUT2D eigenvalue weighted by molar-refractivity contribution is 6.11. The van der Waals surface area contributed by atoms with Crippen molar-refractivity contribution in [3.8, 4) is 40.7 Å². The average Bonchev–Trinajstić information content (AvgIpc) is 3.63. The smallest absolute Gasteiger partial charge is 0.188 e. The van der Waals surface area contributed by atoms with Crippen molar-refractivity contribution in [3.63, 3.8) is 0 Å². The van der Waals surface area contributed by atoms with Crippen molar-refractivity contribution in [2.24, 2.45) is 0 Å². The minimum atomic E-state index is 0.516. The molecule has 6 nitrogen and oxygen atoms in total. The topological polar surface area (TPSA) is 85.6 Å². The van der Waals surface area contributed by atoms with Gasteiger partial charge in [0.05, 0.1) is 62.8 Å². The van der Waals surface area contributed by atoms with E-state index in [0.29, 0.717) is 22.4 Å². The van der Waals surface area contributed by atoms with Gasteiger partial charge in [-0.15, -0.1) is 0 Å². The number of para-hydroxylation sites is 2. The second kappa shape index (κ2) is 10.3. The average molecular weight is 585 g/mol. The maximum atomic E-state index is 10.2. The van der Waals surface area contributed by atoms with Gasteiger partial charge in [-0.1, -0.05) is 54.6 Å². The van der Waals surface area contributed by atoms with Gasteiger partial charge in [-0.05, 0) is 83.2 Å². The SMILES string of the molecule is [C-]#[N+]c1ccc2c(c1)c1ccccc1n2-c1cc(-c2ccc(C#N)c(-n3c4ccccc4c4cc(C#N)ccc43)c2)ccc1C#N. The molecule has 0 saturated carbocycles. The second-order valence-corrected chi connectivity index (χ2v) is 11.0. The van der Waals surface area contributed by atoms with Crippen LogP contribution >= 0.6 is 0 Å². The summed E-state index contributed by atoms with van der Waals surface area (Å²) in [6, 6.07) is 45.8. The molecule has 0 saturated heterocycles. The van der Waals surface area contributed by atoms with Gasteiger partial charge in [0.1, 0.15) is 12.1 Å². The van der Waals surface area contributed by atoms with E-state index in [1.165, 1.54) is 0 Å². The number of hydrogen-bond donors (Lipinski definition) is 0. The van der Waals surface area contributed by atoms with E-state index in [1.54, 1.807) is 12.1 Å². The molecule has 0 radical (unpaired) electrons. The van der Waals surface area contributed by atoms with Crippen molar-refractivity contribution in [3.05, 3.63) is 149 Å². The molecule has 6 heteroatoms. The van der Waals surface area contributed by atoms with Gasteiger partial charge in [-0.3, -0.25) is 0 Å². The van der Waals surface area contributed by atoms with Crippen LogP contribution in [0.15, 0.2) is 121 Å². The molecule has 8 rings (SSSR count). The van der Waals surface area contributed by atoms with Crippen LogP contribution in [-0.4, -0.2) is 9.13 Å². The molecular weight excluding hydrogens is 564 g/mol. The van der Waals surface area contributed by atoms with Crippen molar-refractivity contribution < 1.29 is 0 Å². The van der Waals surface area contributed by atoms with Crippen LogP contribution < -0.4 is 0 Å². The molecule has 0 amide bonds. The number of rotatable bonds is 3. The van der Waals surface area contributed by atoms with Crippen molar-refractivity contribution in [1.82, 2.24) is 9.13 Å². The molecule has 6 aromatic carbocycles. The van der Waals surface area contributed by atoms with Gasteiger partial charge in [0.25, 0.3) is 0 Å². The highest BCUT2D eigenvalue weighted by Crippen LogP contribution is 2.38. The molecule has 0 aliphatic heterocycles. The Hall–Kier alpha value is -7.12. The van der Waals surface area contributed by atoms with E-state index in [0.717, 1.165) is 66.1 Å². The molecule has 0 aliphatic carbocycles. The lowest BCUT2D eigenvalue weighted by atomic mass is 9.99. The molecule has 0 bridgehead atoms. The van der Waals surface area contributed by atoms with E-state index in [9.17, 15) is 15.8 Å². The standard InChI is InChI=1S/C40H20N6/c1-44-30-15-17-38-34(21-30)32-7-3-5-9-36(32)46(38)40-20-27(12-14-29(40)24-43)26-11-13-28(23-42)39(19-26)45-35-8-4-2-6-31(35)33-18-25(22-41)10-16-37(33)45/h2-21H. The first-order valence-electron chi connectivity index (χ1n) is 14.6. The highest BCUT2D eigenvalue weighted by Gasteiger charge is 2.19. The van der Waals surface area contributed by atoms with E-state index in [2.05, 4.69) is 32.2 Å². The lowest BCUT2D eigenvalue weighted by Gasteiger charge is -2.15. The lowest BCUT2D eigenvalue weighted by Crippen LogP contribution is -2.00. The van der Waals surface area contributed by atoms with Gasteiger partial charge in [-0.2, -0.15) is 15.8 Å². The third-order valence-electron chi connectivity index (χ3n) is 8.64. The summed E-state index contributed by atoms with van der Waals surface area (Å²) >= 11 is 0. The van der Waals surface area contributed by atoms with Crippen LogP contribution in [0.5, 0.6) is 0 Å². The van der Waals surface area contributed by atoms with Gasteiger partial charge in [0.2, 0.25) is 0 Å². The molecule has 0 spiro atoms. The van der Waals surface area contributed by atoms with Gasteiger partial charge >= 0.3 is 0 Å². The fraction of sp³-hybridized carbons (Fsp3) is 0. The number of benzene rings is 6. The van der Waals surface area contributed by atoms with Crippen molar-refractivity contribution in [2.75, 3.05) is 0 Å². The number of nitriles is 3. The quantitative estimate of drug-likeness (QED) is 0.194. The second-order valence-electron chi connectivity index (χ2n) is 11.0. The zero-order valence-corrected chi connectivity index (χ0v) is 24.2. The summed E-state index contributed by atoms with van der Waals surface area (Å²) in [6.45, 7) is 7.53. The van der Waals surface area contributed by atoms with Crippen LogP contribution in [0.4, 0.5) is 5.69 Å². The maximum absolute atomic E-state index is 10.2. The third-order valence-corrected chi connectivity index (χ3v) is 8.64. The summed E-state index contributed by atoms with van der Waals surface area (Å²) in [5, 5.41) is 33.9. The Kier molecular flexibility index (Phi) is 5.91. The largest absolute Gasteiger partial charge is 0.308 e. The van der Waals surface area contributed by atoms with E-state index in [-0.39, 0.29) is 0 Å². The normalized spacial score (nSPS) is 11.0. The zero-order valence-electron chi connectivity index (χ0n) is 24.2. The zero-order chi connectivity index (χ0) is 31.4. The summed E-state index contributed by atoms with van der Waals surface area (Å²) in [7, 11) is 0. The van der Waals surface area contributed by atoms with Crippen molar-refractivity contribution in [2.45, 2.75) is 0 Å². The molecule has 8 aromatic rings. The van der Waals surface area contributed by atoms with Crippen LogP contribution in [0.1, 0.15) is 16.7 Å². The summed E-state index contributed by atoms with van der Waals surface area (Å²) in [5.41, 5.74) is 9.08. The third kappa shape index (κ3) is 3.86. The van der Waals surface area contributed by atoms with Crippen LogP contribution in [0.3, 0.4) is 0 Å².